The molecule has 7 heteroatoms. The van der Waals surface area contributed by atoms with E-state index in [1.54, 1.807) is 7.11 Å². The number of hydrogen-bond acceptors (Lipinski definition) is 4. The van der Waals surface area contributed by atoms with Gasteiger partial charge in [-0.25, -0.2) is 0 Å². The fraction of sp³-hybridized carbons (Fsp3) is 0.267. The molecule has 0 bridgehead atoms. The first kappa shape index (κ1) is 35.8. The van der Waals surface area contributed by atoms with E-state index < -0.39 is 18.3 Å². The van der Waals surface area contributed by atoms with Crippen LogP contribution in [0.2, 0.25) is 0 Å². The summed E-state index contributed by atoms with van der Waals surface area (Å²) in [5.74, 6) is 2.75. The topological polar surface area (TPSA) is 41.9 Å². The van der Waals surface area contributed by atoms with E-state index in [9.17, 15) is 0 Å². The monoisotopic (exact) mass is 709 g/mol. The Bertz CT molecular complexity index is 2270. The molecule has 3 aromatic carbocycles. The summed E-state index contributed by atoms with van der Waals surface area (Å²) in [6.45, 7) is 13.1. The molecule has 52 heavy (non-hydrogen) atoms. The fourth-order valence-electron chi connectivity index (χ4n) is 6.96. The molecule has 1 atom stereocenters. The maximum atomic E-state index is 6.55. The number of para-hydroxylation sites is 2. The van der Waals surface area contributed by atoms with Crippen LogP contribution in [-0.2, 0) is 9.31 Å². The number of allylic oxidation sites excluding steroid dienone is 4. The smallest absolute Gasteiger partial charge is 0.494 e. The van der Waals surface area contributed by atoms with Crippen molar-refractivity contribution in [2.24, 2.45) is 0 Å². The van der Waals surface area contributed by atoms with Gasteiger partial charge in [-0.1, -0.05) is 98.8 Å². The molecule has 266 valence electrons. The minimum Gasteiger partial charge on any atom is -0.496 e. The Balaban J connectivity index is 0.00000207. The number of ether oxygens (including phenoxy) is 2. The van der Waals surface area contributed by atoms with E-state index in [2.05, 4.69) is 134 Å². The fourth-order valence-corrected chi connectivity index (χ4v) is 8.44. The average molecular weight is 710 g/mol. The molecular weight excluding hydrogens is 661 g/mol. The molecule has 1 aromatic heterocycles. The van der Waals surface area contributed by atoms with E-state index >= 15 is 0 Å². The van der Waals surface area contributed by atoms with Crippen LogP contribution in [0.1, 0.15) is 64.8 Å². The average Bonchev–Trinajstić information content (AvgIpc) is 3.71. The van der Waals surface area contributed by atoms with Gasteiger partial charge in [-0.2, -0.15) is 10.5 Å². The molecule has 0 spiro atoms. The Kier molecular flexibility index (Phi) is 10.2. The molecule has 1 saturated heterocycles. The molecule has 4 aromatic rings. The lowest BCUT2D eigenvalue weighted by molar-refractivity contribution is 0.00578. The minimum absolute atomic E-state index is 0.0761. The van der Waals surface area contributed by atoms with Crippen LogP contribution < -0.4 is 20.0 Å². The Labute approximate surface area is 311 Å². The maximum absolute atomic E-state index is 6.55. The molecule has 5 nitrogen and oxygen atoms in total. The summed E-state index contributed by atoms with van der Waals surface area (Å²) in [6, 6.07) is 25.2. The van der Waals surface area contributed by atoms with Gasteiger partial charge in [0.1, 0.15) is 18.1 Å². The normalized spacial score (nSPS) is 19.9. The summed E-state index contributed by atoms with van der Waals surface area (Å²) in [4.78, 5) is 0. The molecule has 1 unspecified atom stereocenters. The van der Waals surface area contributed by atoms with Crippen molar-refractivity contribution in [3.8, 4) is 28.3 Å². The second kappa shape index (κ2) is 14.8. The molecule has 4 heterocycles. The van der Waals surface area contributed by atoms with Gasteiger partial charge in [0.05, 0.1) is 29.4 Å². The van der Waals surface area contributed by atoms with Gasteiger partial charge in [0, 0.05) is 38.9 Å². The predicted octanol–water partition coefficient (Wildman–Crippen LogP) is 9.14. The van der Waals surface area contributed by atoms with E-state index in [1.165, 1.54) is 33.0 Å². The van der Waals surface area contributed by atoms with Gasteiger partial charge in [0.2, 0.25) is 0 Å². The van der Waals surface area contributed by atoms with Crippen molar-refractivity contribution in [1.29, 1.82) is 0 Å². The summed E-state index contributed by atoms with van der Waals surface area (Å²) < 4.78 is 27.1. The second-order valence-electron chi connectivity index (χ2n) is 14.0. The molecule has 0 N–H and O–H groups in total. The number of rotatable bonds is 7. The van der Waals surface area contributed by atoms with Crippen LogP contribution >= 0.6 is 10.5 Å². The first-order valence-corrected chi connectivity index (χ1v) is 19.8. The van der Waals surface area contributed by atoms with E-state index in [4.69, 9.17) is 18.8 Å². The third kappa shape index (κ3) is 6.74. The van der Waals surface area contributed by atoms with Crippen molar-refractivity contribution >= 4 is 46.8 Å². The third-order valence-corrected chi connectivity index (χ3v) is 12.0. The summed E-state index contributed by atoms with van der Waals surface area (Å²) in [5, 5.41) is 7.20. The van der Waals surface area contributed by atoms with E-state index in [-0.39, 0.29) is 10.5 Å². The molecule has 0 radical (unpaired) electrons. The van der Waals surface area contributed by atoms with Gasteiger partial charge in [0.15, 0.2) is 0 Å². The van der Waals surface area contributed by atoms with Crippen molar-refractivity contribution in [2.45, 2.75) is 59.2 Å². The lowest BCUT2D eigenvalue weighted by Gasteiger charge is -2.32. The molecular formula is C45H48BNO4S. The quantitative estimate of drug-likeness (QED) is 0.142. The predicted molar refractivity (Wildman–Crippen MR) is 222 cm³/mol. The summed E-state index contributed by atoms with van der Waals surface area (Å²) in [5.41, 5.74) is 8.37. The molecule has 0 amide bonds. The van der Waals surface area contributed by atoms with Crippen molar-refractivity contribution in [3.05, 3.63) is 135 Å². The van der Waals surface area contributed by atoms with Crippen molar-refractivity contribution < 1.29 is 18.8 Å². The van der Waals surface area contributed by atoms with Gasteiger partial charge in [-0.3, -0.25) is 0 Å². The van der Waals surface area contributed by atoms with Crippen LogP contribution in [0.25, 0.3) is 40.6 Å². The van der Waals surface area contributed by atoms with Gasteiger partial charge in [-0.15, -0.1) is 0 Å². The van der Waals surface area contributed by atoms with Gasteiger partial charge >= 0.3 is 7.12 Å². The molecule has 4 aliphatic rings. The van der Waals surface area contributed by atoms with E-state index in [0.717, 1.165) is 46.0 Å². The zero-order valence-corrected chi connectivity index (χ0v) is 32.1. The minimum atomic E-state index is -0.426. The van der Waals surface area contributed by atoms with Gasteiger partial charge in [-0.05, 0) is 86.3 Å². The largest absolute Gasteiger partial charge is 0.496 e. The highest BCUT2D eigenvalue weighted by Gasteiger charge is 2.52. The van der Waals surface area contributed by atoms with E-state index in [0.29, 0.717) is 6.61 Å². The molecule has 1 fully saturated rings. The lowest BCUT2D eigenvalue weighted by Crippen LogP contribution is -2.41. The van der Waals surface area contributed by atoms with Crippen molar-refractivity contribution in [2.75, 3.05) is 19.5 Å². The zero-order chi connectivity index (χ0) is 36.5. The number of methoxy groups -OCH3 is 1. The lowest BCUT2D eigenvalue weighted by atomic mass is 9.77. The number of nitrogens with zero attached hydrogens (tertiary/aromatic N) is 1. The van der Waals surface area contributed by atoms with Crippen LogP contribution in [0.15, 0.2) is 108 Å². The highest BCUT2D eigenvalue weighted by Crippen LogP contribution is 2.39. The zero-order valence-electron chi connectivity index (χ0n) is 31.3. The summed E-state index contributed by atoms with van der Waals surface area (Å²) in [7, 11) is 1.23. The first-order chi connectivity index (χ1) is 25.2. The molecule has 3 aliphatic heterocycles. The van der Waals surface area contributed by atoms with Crippen LogP contribution in [-0.4, -0.2) is 47.7 Å². The van der Waals surface area contributed by atoms with Gasteiger partial charge < -0.3 is 23.3 Å². The summed E-state index contributed by atoms with van der Waals surface area (Å²) >= 11 is 0. The number of aromatic nitrogens is 1. The third-order valence-electron chi connectivity index (χ3n) is 10.4. The highest BCUT2D eigenvalue weighted by molar-refractivity contribution is 8.18. The molecule has 8 rings (SSSR count). The standard InChI is InChI=1S/C43H42BNO4S.C2H6/c1-42(2)43(3,4)49-44(48-42)32-16-13-20-38-36(27-32)37-29-50(24-11-10-14-31-28-47-41-22-9-7-19-35(31)41)25-23-39(37)45(38)33-17-12-15-30(26-33)34-18-6-8-21-40(34)46-5;1-2/h6-12,14-23,25-27,29H,13,24,28H2,1-5H3;1-2H3/b11-10-,31-14+;. The molecule has 1 aliphatic carbocycles. The first-order valence-electron chi connectivity index (χ1n) is 18.3. The Morgan fingerprint density at radius 3 is 2.44 bits per heavy atom. The molecule has 0 saturated carbocycles. The van der Waals surface area contributed by atoms with Crippen LogP contribution in [0.3, 0.4) is 0 Å². The van der Waals surface area contributed by atoms with Crippen LogP contribution in [0, 0.1) is 0 Å². The second-order valence-corrected chi connectivity index (χ2v) is 15.8. The van der Waals surface area contributed by atoms with Crippen molar-refractivity contribution in [1.82, 2.24) is 4.57 Å². The Morgan fingerprint density at radius 2 is 1.65 bits per heavy atom. The van der Waals surface area contributed by atoms with Crippen molar-refractivity contribution in [3.63, 3.8) is 0 Å². The Hall–Kier alpha value is -4.56. The van der Waals surface area contributed by atoms with E-state index in [1.807, 2.05) is 38.1 Å². The highest BCUT2D eigenvalue weighted by atomic mass is 32.2. The van der Waals surface area contributed by atoms with Crippen LogP contribution in [0.5, 0.6) is 11.5 Å². The maximum Gasteiger partial charge on any atom is 0.494 e. The number of hydrogen-bond donors (Lipinski definition) is 0. The Morgan fingerprint density at radius 1 is 0.904 bits per heavy atom. The van der Waals surface area contributed by atoms with Gasteiger partial charge in [0.25, 0.3) is 0 Å². The number of fused-ring (bicyclic) bond motifs is 4. The number of benzene rings is 3. The summed E-state index contributed by atoms with van der Waals surface area (Å²) in [6.07, 6.45) is 16.6. The van der Waals surface area contributed by atoms with Crippen LogP contribution in [0.4, 0.5) is 0 Å². The SMILES string of the molecule is CC.COc1ccccc1-c1cccc(-n2c3c(c4c2=CCC=C(B2OC(C)(C)C(C)(C)O2)C=4)C=S(C/C=C\C=C2/COc4ccccc42)C=C3)c1.